The van der Waals surface area contributed by atoms with E-state index < -0.39 is 25.2 Å². The number of rotatable bonds is 5. The summed E-state index contributed by atoms with van der Waals surface area (Å²) in [4.78, 5) is 10.5. The number of hydrogen-bond acceptors (Lipinski definition) is 2. The van der Waals surface area contributed by atoms with E-state index in [0.29, 0.717) is 0 Å². The van der Waals surface area contributed by atoms with Gasteiger partial charge < -0.3 is 9.84 Å². The predicted molar refractivity (Wildman–Crippen MR) is 69.3 cm³/mol. The Morgan fingerprint density at radius 2 is 2.00 bits per heavy atom. The number of alkyl halides is 3. The van der Waals surface area contributed by atoms with Gasteiger partial charge in [0.2, 0.25) is 0 Å². The van der Waals surface area contributed by atoms with E-state index in [4.69, 9.17) is 33.0 Å². The zero-order valence-electron chi connectivity index (χ0n) is 9.88. The predicted octanol–water partition coefficient (Wildman–Crippen LogP) is 4.42. The second-order valence-electron chi connectivity index (χ2n) is 3.69. The standard InChI is InChI=1S/C12H9Cl2F3O3/c13-8-5-7(1-2-10(18)19)11(9(14)6-8)20-4-3-12(15,16)17/h1-2,5-6H,3-4H2,(H,18,19). The second-order valence-corrected chi connectivity index (χ2v) is 4.53. The van der Waals surface area contributed by atoms with Crippen LogP contribution in [0.4, 0.5) is 13.2 Å². The van der Waals surface area contributed by atoms with Gasteiger partial charge in [-0.15, -0.1) is 0 Å². The normalized spacial score (nSPS) is 11.8. The van der Waals surface area contributed by atoms with Crippen LogP contribution in [0, 0.1) is 0 Å². The number of halogens is 5. The van der Waals surface area contributed by atoms with Crippen molar-refractivity contribution in [1.82, 2.24) is 0 Å². The first-order valence-electron chi connectivity index (χ1n) is 5.28. The van der Waals surface area contributed by atoms with E-state index in [-0.39, 0.29) is 21.4 Å². The third-order valence-electron chi connectivity index (χ3n) is 2.07. The number of ether oxygens (including phenoxy) is 1. The monoisotopic (exact) mass is 328 g/mol. The first kappa shape index (κ1) is 16.7. The zero-order valence-corrected chi connectivity index (χ0v) is 11.4. The Bertz CT molecular complexity index is 527. The van der Waals surface area contributed by atoms with Crippen LogP contribution in [0.15, 0.2) is 18.2 Å². The molecular formula is C12H9Cl2F3O3. The molecule has 0 aliphatic rings. The summed E-state index contributed by atoms with van der Waals surface area (Å²) in [6.07, 6.45) is -3.55. The summed E-state index contributed by atoms with van der Waals surface area (Å²) in [5, 5.41) is 8.76. The molecule has 3 nitrogen and oxygen atoms in total. The van der Waals surface area contributed by atoms with Gasteiger partial charge in [0.05, 0.1) is 18.1 Å². The molecule has 1 aromatic rings. The largest absolute Gasteiger partial charge is 0.491 e. The van der Waals surface area contributed by atoms with Gasteiger partial charge in [0, 0.05) is 16.7 Å². The molecule has 0 atom stereocenters. The van der Waals surface area contributed by atoms with Crippen molar-refractivity contribution in [2.24, 2.45) is 0 Å². The molecule has 0 bridgehead atoms. The highest BCUT2D eigenvalue weighted by atomic mass is 35.5. The van der Waals surface area contributed by atoms with Crippen LogP contribution in [-0.2, 0) is 4.79 Å². The minimum Gasteiger partial charge on any atom is -0.491 e. The van der Waals surface area contributed by atoms with Gasteiger partial charge in [-0.2, -0.15) is 13.2 Å². The Kier molecular flexibility index (Phi) is 5.71. The molecule has 20 heavy (non-hydrogen) atoms. The summed E-state index contributed by atoms with van der Waals surface area (Å²) in [5.74, 6) is -1.26. The van der Waals surface area contributed by atoms with Crippen LogP contribution in [0.2, 0.25) is 10.0 Å². The van der Waals surface area contributed by atoms with E-state index in [0.717, 1.165) is 12.2 Å². The molecular weight excluding hydrogens is 320 g/mol. The van der Waals surface area contributed by atoms with E-state index in [9.17, 15) is 18.0 Å². The lowest BCUT2D eigenvalue weighted by molar-refractivity contribution is -0.139. The molecule has 0 aromatic heterocycles. The summed E-state index contributed by atoms with van der Waals surface area (Å²) in [6, 6.07) is 2.64. The minimum atomic E-state index is -4.35. The van der Waals surface area contributed by atoms with Crippen LogP contribution in [0.5, 0.6) is 5.75 Å². The van der Waals surface area contributed by atoms with Crippen molar-refractivity contribution in [3.8, 4) is 5.75 Å². The molecule has 0 spiro atoms. The molecule has 110 valence electrons. The number of carboxylic acid groups (broad SMARTS) is 1. The van der Waals surface area contributed by atoms with Gasteiger partial charge >= 0.3 is 12.1 Å². The summed E-state index contributed by atoms with van der Waals surface area (Å²) in [5.41, 5.74) is 0.187. The molecule has 0 radical (unpaired) electrons. The third-order valence-corrected chi connectivity index (χ3v) is 2.57. The Balaban J connectivity index is 2.95. The van der Waals surface area contributed by atoms with Crippen molar-refractivity contribution in [2.45, 2.75) is 12.6 Å². The fourth-order valence-corrected chi connectivity index (χ4v) is 1.85. The number of carbonyl (C=O) groups is 1. The molecule has 8 heteroatoms. The van der Waals surface area contributed by atoms with Crippen molar-refractivity contribution in [1.29, 1.82) is 0 Å². The number of carboxylic acids is 1. The molecule has 0 saturated carbocycles. The third kappa shape index (κ3) is 5.71. The van der Waals surface area contributed by atoms with Crippen molar-refractivity contribution < 1.29 is 27.8 Å². The van der Waals surface area contributed by atoms with Crippen molar-refractivity contribution in [3.05, 3.63) is 33.8 Å². The molecule has 1 rings (SSSR count). The van der Waals surface area contributed by atoms with Crippen LogP contribution in [0.25, 0.3) is 6.08 Å². The average molecular weight is 329 g/mol. The van der Waals surface area contributed by atoms with E-state index in [1.807, 2.05) is 0 Å². The van der Waals surface area contributed by atoms with E-state index in [2.05, 4.69) is 0 Å². The zero-order chi connectivity index (χ0) is 15.3. The number of benzene rings is 1. The molecule has 0 unspecified atom stereocenters. The van der Waals surface area contributed by atoms with Gasteiger partial charge in [-0.3, -0.25) is 0 Å². The summed E-state index contributed by atoms with van der Waals surface area (Å²) in [7, 11) is 0. The van der Waals surface area contributed by atoms with Gasteiger partial charge in [-0.1, -0.05) is 23.2 Å². The lowest BCUT2D eigenvalue weighted by Crippen LogP contribution is -2.13. The van der Waals surface area contributed by atoms with Crippen LogP contribution in [0.1, 0.15) is 12.0 Å². The van der Waals surface area contributed by atoms with Gasteiger partial charge in [0.25, 0.3) is 0 Å². The second kappa shape index (κ2) is 6.85. The van der Waals surface area contributed by atoms with Crippen molar-refractivity contribution in [2.75, 3.05) is 6.61 Å². The van der Waals surface area contributed by atoms with Crippen LogP contribution < -0.4 is 4.74 Å². The van der Waals surface area contributed by atoms with E-state index >= 15 is 0 Å². The fraction of sp³-hybridized carbons (Fsp3) is 0.250. The fourth-order valence-electron chi connectivity index (χ4n) is 1.29. The topological polar surface area (TPSA) is 46.5 Å². The maximum absolute atomic E-state index is 12.1. The molecule has 0 amide bonds. The van der Waals surface area contributed by atoms with Gasteiger partial charge in [-0.05, 0) is 18.2 Å². The quantitative estimate of drug-likeness (QED) is 0.814. The van der Waals surface area contributed by atoms with Gasteiger partial charge in [0.15, 0.2) is 0 Å². The molecule has 0 heterocycles. The Morgan fingerprint density at radius 3 is 2.55 bits per heavy atom. The highest BCUT2D eigenvalue weighted by Gasteiger charge is 2.27. The lowest BCUT2D eigenvalue weighted by atomic mass is 10.2. The minimum absolute atomic E-state index is 0.00436. The first-order valence-corrected chi connectivity index (χ1v) is 6.04. The molecule has 1 aromatic carbocycles. The van der Waals surface area contributed by atoms with E-state index in [1.165, 1.54) is 12.1 Å². The summed E-state index contributed by atoms with van der Waals surface area (Å²) >= 11 is 11.6. The maximum atomic E-state index is 12.1. The number of aliphatic carboxylic acids is 1. The van der Waals surface area contributed by atoms with E-state index in [1.54, 1.807) is 0 Å². The molecule has 1 N–H and O–H groups in total. The first-order chi connectivity index (χ1) is 9.19. The molecule has 0 aliphatic carbocycles. The highest BCUT2D eigenvalue weighted by Crippen LogP contribution is 2.34. The number of hydrogen-bond donors (Lipinski definition) is 1. The van der Waals surface area contributed by atoms with Crippen LogP contribution in [-0.4, -0.2) is 23.9 Å². The molecule has 0 aliphatic heterocycles. The van der Waals surface area contributed by atoms with Gasteiger partial charge in [0.1, 0.15) is 5.75 Å². The van der Waals surface area contributed by atoms with Crippen molar-refractivity contribution in [3.63, 3.8) is 0 Å². The summed E-state index contributed by atoms with van der Waals surface area (Å²) in [6.45, 7) is -0.626. The Morgan fingerprint density at radius 1 is 1.35 bits per heavy atom. The SMILES string of the molecule is O=C(O)C=Cc1cc(Cl)cc(Cl)c1OCCC(F)(F)F. The Labute approximate surface area is 122 Å². The highest BCUT2D eigenvalue weighted by molar-refractivity contribution is 6.35. The molecule has 0 fully saturated rings. The van der Waals surface area contributed by atoms with Gasteiger partial charge in [-0.25, -0.2) is 4.79 Å². The Hall–Kier alpha value is -1.40. The van der Waals surface area contributed by atoms with Crippen LogP contribution in [0.3, 0.4) is 0 Å². The summed E-state index contributed by atoms with van der Waals surface area (Å²) < 4.78 is 41.1. The van der Waals surface area contributed by atoms with Crippen molar-refractivity contribution >= 4 is 35.2 Å². The lowest BCUT2D eigenvalue weighted by Gasteiger charge is -2.13. The average Bonchev–Trinajstić information content (AvgIpc) is 2.27. The van der Waals surface area contributed by atoms with Crippen LogP contribution >= 0.6 is 23.2 Å². The molecule has 0 saturated heterocycles. The maximum Gasteiger partial charge on any atom is 0.392 e. The smallest absolute Gasteiger partial charge is 0.392 e.